The number of carbonyl (C=O) groups is 1. The molecular weight excluding hydrogens is 324 g/mol. The SMILES string of the molecule is O=C(O)CCCCN(c1nc(Cl)ncc1[N+](=O)[O-])C1CCCC1. The minimum Gasteiger partial charge on any atom is -0.481 e. The van der Waals surface area contributed by atoms with E-state index in [2.05, 4.69) is 9.97 Å². The van der Waals surface area contributed by atoms with Gasteiger partial charge in [0, 0.05) is 19.0 Å². The van der Waals surface area contributed by atoms with Crippen molar-refractivity contribution in [1.29, 1.82) is 0 Å². The summed E-state index contributed by atoms with van der Waals surface area (Å²) in [5.74, 6) is -0.606. The van der Waals surface area contributed by atoms with Crippen LogP contribution in [0.1, 0.15) is 44.9 Å². The summed E-state index contributed by atoms with van der Waals surface area (Å²) in [6.45, 7) is 0.520. The van der Waals surface area contributed by atoms with Crippen LogP contribution in [0.4, 0.5) is 11.5 Å². The molecule has 9 heteroatoms. The highest BCUT2D eigenvalue weighted by Gasteiger charge is 2.29. The minimum absolute atomic E-state index is 0.0286. The number of carboxylic acids is 1. The maximum atomic E-state index is 11.2. The molecule has 0 amide bonds. The number of halogens is 1. The van der Waals surface area contributed by atoms with Gasteiger partial charge >= 0.3 is 11.7 Å². The first-order valence-corrected chi connectivity index (χ1v) is 8.02. The van der Waals surface area contributed by atoms with E-state index in [4.69, 9.17) is 16.7 Å². The third-order valence-electron chi connectivity index (χ3n) is 3.99. The molecule has 0 atom stereocenters. The van der Waals surface area contributed by atoms with Crippen LogP contribution in [-0.4, -0.2) is 38.6 Å². The Morgan fingerprint density at radius 1 is 1.43 bits per heavy atom. The number of unbranched alkanes of at least 4 members (excludes halogenated alkanes) is 1. The van der Waals surface area contributed by atoms with E-state index in [-0.39, 0.29) is 29.3 Å². The number of carboxylic acid groups (broad SMARTS) is 1. The van der Waals surface area contributed by atoms with Gasteiger partial charge in [-0.15, -0.1) is 0 Å². The topological polar surface area (TPSA) is 109 Å². The predicted molar refractivity (Wildman–Crippen MR) is 84.8 cm³/mol. The lowest BCUT2D eigenvalue weighted by Gasteiger charge is -2.29. The fourth-order valence-corrected chi connectivity index (χ4v) is 3.05. The maximum absolute atomic E-state index is 11.2. The van der Waals surface area contributed by atoms with Crippen molar-refractivity contribution in [2.24, 2.45) is 0 Å². The summed E-state index contributed by atoms with van der Waals surface area (Å²) in [5.41, 5.74) is -0.167. The zero-order valence-corrected chi connectivity index (χ0v) is 13.4. The second kappa shape index (κ2) is 8.05. The molecule has 0 bridgehead atoms. The second-order valence-electron chi connectivity index (χ2n) is 5.59. The molecule has 1 N–H and O–H groups in total. The first-order valence-electron chi connectivity index (χ1n) is 7.64. The Hall–Kier alpha value is -1.96. The van der Waals surface area contributed by atoms with Crippen molar-refractivity contribution in [3.05, 3.63) is 21.6 Å². The molecular formula is C14H19ClN4O4. The van der Waals surface area contributed by atoms with E-state index in [1.165, 1.54) is 0 Å². The third kappa shape index (κ3) is 4.75. The van der Waals surface area contributed by atoms with E-state index in [0.29, 0.717) is 19.4 Å². The standard InChI is InChI=1S/C14H19ClN4O4/c15-14-16-9-11(19(22)23)13(17-14)18(10-5-1-2-6-10)8-4-3-7-12(20)21/h9-10H,1-8H2,(H,20,21). The van der Waals surface area contributed by atoms with Crippen molar-refractivity contribution in [2.75, 3.05) is 11.4 Å². The Morgan fingerprint density at radius 3 is 2.74 bits per heavy atom. The second-order valence-corrected chi connectivity index (χ2v) is 5.93. The van der Waals surface area contributed by atoms with Crippen LogP contribution in [0.15, 0.2) is 6.20 Å². The summed E-state index contributed by atoms with van der Waals surface area (Å²) in [5, 5.41) is 19.9. The van der Waals surface area contributed by atoms with E-state index in [1.807, 2.05) is 4.90 Å². The van der Waals surface area contributed by atoms with Gasteiger partial charge in [-0.2, -0.15) is 4.98 Å². The van der Waals surface area contributed by atoms with Crippen molar-refractivity contribution in [3.8, 4) is 0 Å². The van der Waals surface area contributed by atoms with E-state index in [9.17, 15) is 14.9 Å². The van der Waals surface area contributed by atoms with Crippen LogP contribution in [-0.2, 0) is 4.79 Å². The number of nitrogens with zero attached hydrogens (tertiary/aromatic N) is 4. The Morgan fingerprint density at radius 2 is 2.13 bits per heavy atom. The molecule has 1 aromatic heterocycles. The Balaban J connectivity index is 2.20. The lowest BCUT2D eigenvalue weighted by molar-refractivity contribution is -0.384. The summed E-state index contributed by atoms with van der Waals surface area (Å²) < 4.78 is 0. The fraction of sp³-hybridized carbons (Fsp3) is 0.643. The molecule has 1 aromatic rings. The van der Waals surface area contributed by atoms with Crippen molar-refractivity contribution >= 4 is 29.1 Å². The fourth-order valence-electron chi connectivity index (χ4n) is 2.92. The monoisotopic (exact) mass is 342 g/mol. The quantitative estimate of drug-likeness (QED) is 0.334. The van der Waals surface area contributed by atoms with Crippen molar-refractivity contribution in [2.45, 2.75) is 51.0 Å². The van der Waals surface area contributed by atoms with Gasteiger partial charge in [-0.3, -0.25) is 14.9 Å². The number of nitro groups is 1. The molecule has 1 heterocycles. The van der Waals surface area contributed by atoms with Gasteiger partial charge in [0.1, 0.15) is 6.20 Å². The average Bonchev–Trinajstić information content (AvgIpc) is 3.00. The summed E-state index contributed by atoms with van der Waals surface area (Å²) in [4.78, 5) is 31.0. The van der Waals surface area contributed by atoms with Crippen LogP contribution in [0.3, 0.4) is 0 Å². The number of anilines is 1. The molecule has 2 rings (SSSR count). The molecule has 1 aliphatic rings. The summed E-state index contributed by atoms with van der Waals surface area (Å²) in [6.07, 6.45) is 6.39. The summed E-state index contributed by atoms with van der Waals surface area (Å²) >= 11 is 5.83. The van der Waals surface area contributed by atoms with Gasteiger partial charge in [0.2, 0.25) is 11.1 Å². The third-order valence-corrected chi connectivity index (χ3v) is 4.18. The van der Waals surface area contributed by atoms with Gasteiger partial charge in [-0.1, -0.05) is 12.8 Å². The molecule has 23 heavy (non-hydrogen) atoms. The van der Waals surface area contributed by atoms with Gasteiger partial charge in [0.05, 0.1) is 4.92 Å². The Labute approximate surface area is 138 Å². The highest BCUT2D eigenvalue weighted by molar-refractivity contribution is 6.28. The molecule has 0 aromatic carbocycles. The summed E-state index contributed by atoms with van der Waals surface area (Å²) in [6, 6.07) is 0.171. The molecule has 1 fully saturated rings. The molecule has 0 aliphatic heterocycles. The number of hydrogen-bond donors (Lipinski definition) is 1. The normalized spacial score (nSPS) is 14.8. The highest BCUT2D eigenvalue weighted by Crippen LogP contribution is 2.33. The van der Waals surface area contributed by atoms with E-state index in [1.54, 1.807) is 0 Å². The largest absolute Gasteiger partial charge is 0.481 e. The van der Waals surface area contributed by atoms with Crippen LogP contribution >= 0.6 is 11.6 Å². The lowest BCUT2D eigenvalue weighted by Crippen LogP contribution is -2.35. The van der Waals surface area contributed by atoms with Gasteiger partial charge in [0.15, 0.2) is 0 Å². The molecule has 1 aliphatic carbocycles. The number of aliphatic carboxylic acids is 1. The molecule has 0 spiro atoms. The van der Waals surface area contributed by atoms with Crippen LogP contribution in [0.2, 0.25) is 5.28 Å². The van der Waals surface area contributed by atoms with Crippen LogP contribution < -0.4 is 4.90 Å². The average molecular weight is 343 g/mol. The first-order chi connectivity index (χ1) is 11.0. The van der Waals surface area contributed by atoms with Gasteiger partial charge in [-0.25, -0.2) is 4.98 Å². The van der Waals surface area contributed by atoms with Crippen molar-refractivity contribution < 1.29 is 14.8 Å². The highest BCUT2D eigenvalue weighted by atomic mass is 35.5. The molecule has 0 saturated heterocycles. The van der Waals surface area contributed by atoms with Gasteiger partial charge < -0.3 is 10.0 Å². The van der Waals surface area contributed by atoms with E-state index >= 15 is 0 Å². The zero-order chi connectivity index (χ0) is 16.8. The molecule has 126 valence electrons. The predicted octanol–water partition coefficient (Wildman–Crippen LogP) is 3.04. The molecule has 8 nitrogen and oxygen atoms in total. The smallest absolute Gasteiger partial charge is 0.329 e. The molecule has 0 unspecified atom stereocenters. The lowest BCUT2D eigenvalue weighted by atomic mass is 10.1. The minimum atomic E-state index is -0.839. The number of rotatable bonds is 8. The summed E-state index contributed by atoms with van der Waals surface area (Å²) in [7, 11) is 0. The van der Waals surface area contributed by atoms with Crippen molar-refractivity contribution in [3.63, 3.8) is 0 Å². The Kier molecular flexibility index (Phi) is 6.09. The van der Waals surface area contributed by atoms with E-state index < -0.39 is 10.9 Å². The molecule has 0 radical (unpaired) electrons. The van der Waals surface area contributed by atoms with Gasteiger partial charge in [-0.05, 0) is 37.3 Å². The van der Waals surface area contributed by atoms with Gasteiger partial charge in [0.25, 0.3) is 0 Å². The van der Waals surface area contributed by atoms with E-state index in [0.717, 1.165) is 31.9 Å². The van der Waals surface area contributed by atoms with Crippen LogP contribution in [0.25, 0.3) is 0 Å². The maximum Gasteiger partial charge on any atom is 0.329 e. The number of hydrogen-bond acceptors (Lipinski definition) is 6. The molecule has 1 saturated carbocycles. The van der Waals surface area contributed by atoms with Crippen LogP contribution in [0, 0.1) is 10.1 Å². The Bertz CT molecular complexity index is 578. The zero-order valence-electron chi connectivity index (χ0n) is 12.7. The first kappa shape index (κ1) is 17.4. The van der Waals surface area contributed by atoms with Crippen molar-refractivity contribution in [1.82, 2.24) is 9.97 Å². The van der Waals surface area contributed by atoms with Crippen LogP contribution in [0.5, 0.6) is 0 Å². The number of aromatic nitrogens is 2.